The molecule has 0 saturated heterocycles. The SMILES string of the molecule is COc1ccc(CN(C)C(=O)Nc2ccc(SC(C)(C)C)cc2)cc1F. The molecule has 6 heteroatoms. The first-order valence-electron chi connectivity index (χ1n) is 8.31. The van der Waals surface area contributed by atoms with Crippen LogP contribution >= 0.6 is 11.8 Å². The highest BCUT2D eigenvalue weighted by atomic mass is 32.2. The van der Waals surface area contributed by atoms with Crippen LogP contribution in [0.2, 0.25) is 0 Å². The third-order valence-electron chi connectivity index (χ3n) is 3.51. The number of rotatable bonds is 5. The molecule has 0 bridgehead atoms. The first-order chi connectivity index (χ1) is 12.2. The maximum Gasteiger partial charge on any atom is 0.321 e. The number of urea groups is 1. The van der Waals surface area contributed by atoms with Gasteiger partial charge >= 0.3 is 6.03 Å². The van der Waals surface area contributed by atoms with Crippen LogP contribution < -0.4 is 10.1 Å². The van der Waals surface area contributed by atoms with E-state index < -0.39 is 5.82 Å². The Bertz CT molecular complexity index is 757. The zero-order valence-electron chi connectivity index (χ0n) is 15.8. The summed E-state index contributed by atoms with van der Waals surface area (Å²) in [6.07, 6.45) is 0. The van der Waals surface area contributed by atoms with Gasteiger partial charge in [-0.3, -0.25) is 0 Å². The Morgan fingerprint density at radius 1 is 1.19 bits per heavy atom. The Kier molecular flexibility index (Phi) is 6.53. The van der Waals surface area contributed by atoms with Gasteiger partial charge in [0.15, 0.2) is 11.6 Å². The molecule has 0 aliphatic heterocycles. The van der Waals surface area contributed by atoms with Gasteiger partial charge in [-0.05, 0) is 42.0 Å². The molecule has 2 amide bonds. The molecule has 0 unspecified atom stereocenters. The Morgan fingerprint density at radius 3 is 2.38 bits per heavy atom. The van der Waals surface area contributed by atoms with E-state index in [0.717, 1.165) is 10.6 Å². The van der Waals surface area contributed by atoms with Crippen LogP contribution in [0.1, 0.15) is 26.3 Å². The molecule has 0 aliphatic carbocycles. The summed E-state index contributed by atoms with van der Waals surface area (Å²) < 4.78 is 18.8. The fourth-order valence-electron chi connectivity index (χ4n) is 2.33. The zero-order valence-corrected chi connectivity index (χ0v) is 16.6. The number of hydrogen-bond donors (Lipinski definition) is 1. The van der Waals surface area contributed by atoms with Crippen LogP contribution in [0.15, 0.2) is 47.4 Å². The lowest BCUT2D eigenvalue weighted by Crippen LogP contribution is -2.30. The predicted molar refractivity (Wildman–Crippen MR) is 105 cm³/mol. The van der Waals surface area contributed by atoms with Gasteiger partial charge in [0.2, 0.25) is 0 Å². The number of methoxy groups -OCH3 is 1. The van der Waals surface area contributed by atoms with Crippen molar-refractivity contribution < 1.29 is 13.9 Å². The highest BCUT2D eigenvalue weighted by Gasteiger charge is 2.13. The van der Waals surface area contributed by atoms with E-state index in [2.05, 4.69) is 26.1 Å². The highest BCUT2D eigenvalue weighted by molar-refractivity contribution is 8.00. The number of carbonyl (C=O) groups is 1. The molecular formula is C20H25FN2O2S. The minimum Gasteiger partial charge on any atom is -0.494 e. The van der Waals surface area contributed by atoms with Gasteiger partial charge in [-0.1, -0.05) is 26.8 Å². The number of amides is 2. The van der Waals surface area contributed by atoms with Crippen LogP contribution in [-0.2, 0) is 6.54 Å². The number of nitrogens with one attached hydrogen (secondary N) is 1. The first-order valence-corrected chi connectivity index (χ1v) is 9.13. The Hall–Kier alpha value is -2.21. The lowest BCUT2D eigenvalue weighted by Gasteiger charge is -2.19. The van der Waals surface area contributed by atoms with Gasteiger partial charge in [0.05, 0.1) is 7.11 Å². The number of halogens is 1. The van der Waals surface area contributed by atoms with E-state index in [1.165, 1.54) is 18.1 Å². The Balaban J connectivity index is 1.95. The van der Waals surface area contributed by atoms with Gasteiger partial charge in [0.1, 0.15) is 0 Å². The van der Waals surface area contributed by atoms with Crippen LogP contribution in [0.4, 0.5) is 14.9 Å². The second-order valence-corrected chi connectivity index (χ2v) is 8.89. The molecule has 0 atom stereocenters. The zero-order chi connectivity index (χ0) is 19.3. The topological polar surface area (TPSA) is 41.6 Å². The predicted octanol–water partition coefficient (Wildman–Crippen LogP) is 5.39. The number of benzene rings is 2. The van der Waals surface area contributed by atoms with Gasteiger partial charge in [0.25, 0.3) is 0 Å². The molecule has 0 aromatic heterocycles. The fourth-order valence-corrected chi connectivity index (χ4v) is 3.31. The van der Waals surface area contributed by atoms with Crippen LogP contribution in [0.5, 0.6) is 5.75 Å². The van der Waals surface area contributed by atoms with Crippen LogP contribution in [0, 0.1) is 5.82 Å². The minimum absolute atomic E-state index is 0.138. The van der Waals surface area contributed by atoms with E-state index in [9.17, 15) is 9.18 Å². The van der Waals surface area contributed by atoms with Gasteiger partial charge < -0.3 is 15.0 Å². The van der Waals surface area contributed by atoms with Crippen LogP contribution in [0.3, 0.4) is 0 Å². The third kappa shape index (κ3) is 5.95. The molecule has 140 valence electrons. The van der Waals surface area contributed by atoms with Crippen LogP contribution in [0.25, 0.3) is 0 Å². The van der Waals surface area contributed by atoms with Crippen molar-refractivity contribution in [2.24, 2.45) is 0 Å². The highest BCUT2D eigenvalue weighted by Crippen LogP contribution is 2.32. The molecule has 0 aliphatic rings. The molecular weight excluding hydrogens is 351 g/mol. The van der Waals surface area contributed by atoms with Crippen molar-refractivity contribution in [2.75, 3.05) is 19.5 Å². The number of ether oxygens (including phenoxy) is 1. The van der Waals surface area contributed by atoms with E-state index in [-0.39, 0.29) is 16.5 Å². The molecule has 0 radical (unpaired) electrons. The summed E-state index contributed by atoms with van der Waals surface area (Å²) in [6, 6.07) is 12.2. The van der Waals surface area contributed by atoms with Crippen molar-refractivity contribution in [2.45, 2.75) is 37.0 Å². The summed E-state index contributed by atoms with van der Waals surface area (Å²) in [7, 11) is 3.09. The largest absolute Gasteiger partial charge is 0.494 e. The summed E-state index contributed by atoms with van der Waals surface area (Å²) in [6.45, 7) is 6.77. The molecule has 1 N–H and O–H groups in total. The Labute approximate surface area is 158 Å². The number of thioether (sulfide) groups is 1. The summed E-state index contributed by atoms with van der Waals surface area (Å²) >= 11 is 1.77. The number of hydrogen-bond acceptors (Lipinski definition) is 3. The monoisotopic (exact) mass is 376 g/mol. The maximum atomic E-state index is 13.8. The molecule has 0 spiro atoms. The average molecular weight is 376 g/mol. The normalized spacial score (nSPS) is 11.2. The van der Waals surface area contributed by atoms with Crippen molar-refractivity contribution >= 4 is 23.5 Å². The molecule has 2 rings (SSSR count). The molecule has 4 nitrogen and oxygen atoms in total. The first kappa shape index (κ1) is 20.1. The van der Waals surface area contributed by atoms with E-state index in [1.54, 1.807) is 30.9 Å². The number of carbonyl (C=O) groups excluding carboxylic acids is 1. The average Bonchev–Trinajstić information content (AvgIpc) is 2.55. The quantitative estimate of drug-likeness (QED) is 0.712. The lowest BCUT2D eigenvalue weighted by atomic mass is 10.2. The Morgan fingerprint density at radius 2 is 1.85 bits per heavy atom. The molecule has 0 heterocycles. The van der Waals surface area contributed by atoms with Crippen molar-refractivity contribution in [1.82, 2.24) is 4.90 Å². The van der Waals surface area contributed by atoms with E-state index in [1.807, 2.05) is 24.3 Å². The standard InChI is InChI=1S/C20H25FN2O2S/c1-20(2,3)26-16-9-7-15(8-10-16)22-19(24)23(4)13-14-6-11-18(25-5)17(21)12-14/h6-12H,13H2,1-5H3,(H,22,24). The summed E-state index contributed by atoms with van der Waals surface area (Å²) in [5, 5.41) is 2.85. The van der Waals surface area contributed by atoms with Crippen molar-refractivity contribution in [3.05, 3.63) is 53.8 Å². The molecule has 26 heavy (non-hydrogen) atoms. The summed E-state index contributed by atoms with van der Waals surface area (Å²) in [5.41, 5.74) is 1.42. The smallest absolute Gasteiger partial charge is 0.321 e. The van der Waals surface area contributed by atoms with Gasteiger partial charge in [-0.25, -0.2) is 9.18 Å². The van der Waals surface area contributed by atoms with Crippen LogP contribution in [-0.4, -0.2) is 29.8 Å². The van der Waals surface area contributed by atoms with Crippen molar-refractivity contribution in [3.63, 3.8) is 0 Å². The van der Waals surface area contributed by atoms with E-state index in [0.29, 0.717) is 12.1 Å². The minimum atomic E-state index is -0.439. The van der Waals surface area contributed by atoms with Gasteiger partial charge in [0, 0.05) is 28.9 Å². The maximum absolute atomic E-state index is 13.8. The van der Waals surface area contributed by atoms with E-state index >= 15 is 0 Å². The summed E-state index contributed by atoms with van der Waals surface area (Å²) in [4.78, 5) is 15.0. The van der Waals surface area contributed by atoms with Gasteiger partial charge in [-0.2, -0.15) is 0 Å². The van der Waals surface area contributed by atoms with Gasteiger partial charge in [-0.15, -0.1) is 11.8 Å². The second-order valence-electron chi connectivity index (χ2n) is 6.99. The molecule has 2 aromatic carbocycles. The second kappa shape index (κ2) is 8.45. The molecule has 0 fully saturated rings. The third-order valence-corrected chi connectivity index (χ3v) is 4.63. The van der Waals surface area contributed by atoms with Crippen molar-refractivity contribution in [3.8, 4) is 5.75 Å². The summed E-state index contributed by atoms with van der Waals surface area (Å²) in [5.74, 6) is -0.250. The van der Waals surface area contributed by atoms with E-state index in [4.69, 9.17) is 4.74 Å². The van der Waals surface area contributed by atoms with Crippen molar-refractivity contribution in [1.29, 1.82) is 0 Å². The molecule has 2 aromatic rings. The fraction of sp³-hybridized carbons (Fsp3) is 0.350. The number of nitrogens with zero attached hydrogens (tertiary/aromatic N) is 1. The molecule has 0 saturated carbocycles. The lowest BCUT2D eigenvalue weighted by molar-refractivity contribution is 0.220. The number of anilines is 1.